The van der Waals surface area contributed by atoms with Crippen molar-refractivity contribution in [3.8, 4) is 5.69 Å². The summed E-state index contributed by atoms with van der Waals surface area (Å²) in [6.07, 6.45) is -8.69. The number of nitrogens with one attached hydrogen (secondary N) is 2. The molecule has 6 rings (SSSR count). The fraction of sp³-hybridized carbons (Fsp3) is 0.432. The summed E-state index contributed by atoms with van der Waals surface area (Å²) in [7, 11) is 3.23. The normalized spacial score (nSPS) is 22.2. The molecule has 2 atom stereocenters. The summed E-state index contributed by atoms with van der Waals surface area (Å²) in [4.78, 5) is 28.3. The third-order valence-electron chi connectivity index (χ3n) is 10.4. The molecule has 2 aromatic carbocycles. The molecule has 284 valence electrons. The van der Waals surface area contributed by atoms with Crippen LogP contribution < -0.4 is 10.6 Å². The van der Waals surface area contributed by atoms with Gasteiger partial charge in [0.1, 0.15) is 17.2 Å². The number of carbonyl (C=O) groups excluding carboxylic acids is 2. The van der Waals surface area contributed by atoms with Crippen molar-refractivity contribution in [1.29, 1.82) is 0 Å². The Kier molecular flexibility index (Phi) is 9.00. The van der Waals surface area contributed by atoms with Crippen LogP contribution in [0, 0.1) is 0 Å². The van der Waals surface area contributed by atoms with Gasteiger partial charge in [-0.1, -0.05) is 31.2 Å². The lowest BCUT2D eigenvalue weighted by Crippen LogP contribution is -2.55. The molecule has 3 amide bonds. The first-order valence-corrected chi connectivity index (χ1v) is 16.8. The third kappa shape index (κ3) is 6.12. The average Bonchev–Trinajstić information content (AvgIpc) is 3.52. The highest BCUT2D eigenvalue weighted by Gasteiger charge is 2.57. The van der Waals surface area contributed by atoms with Crippen LogP contribution in [0.1, 0.15) is 79.4 Å². The van der Waals surface area contributed by atoms with Gasteiger partial charge < -0.3 is 10.2 Å². The van der Waals surface area contributed by atoms with Crippen LogP contribution >= 0.6 is 0 Å². The molecule has 3 aromatic rings. The molecule has 0 spiro atoms. The Morgan fingerprint density at radius 2 is 1.64 bits per heavy atom. The molecule has 3 aliphatic rings. The first kappa shape index (κ1) is 38.2. The topological polar surface area (TPSA) is 82.5 Å². The Bertz CT molecular complexity index is 2100. The number of benzene rings is 2. The van der Waals surface area contributed by atoms with Gasteiger partial charge in [-0.2, -0.15) is 31.4 Å². The second-order valence-corrected chi connectivity index (χ2v) is 14.8. The van der Waals surface area contributed by atoms with Crippen molar-refractivity contribution in [2.45, 2.75) is 83.0 Å². The molecule has 2 N–H and O–H groups in total. The summed E-state index contributed by atoms with van der Waals surface area (Å²) < 4.78 is 119. The molecule has 3 heterocycles. The van der Waals surface area contributed by atoms with Crippen LogP contribution in [0.15, 0.2) is 54.1 Å². The van der Waals surface area contributed by atoms with Crippen molar-refractivity contribution >= 4 is 17.5 Å². The summed E-state index contributed by atoms with van der Waals surface area (Å²) in [5, 5.41) is 9.45. The number of hydrogen-bond donors (Lipinski definition) is 2. The Morgan fingerprint density at radius 1 is 0.962 bits per heavy atom. The van der Waals surface area contributed by atoms with E-state index in [0.29, 0.717) is 35.0 Å². The van der Waals surface area contributed by atoms with E-state index in [-0.39, 0.29) is 30.4 Å². The van der Waals surface area contributed by atoms with E-state index in [4.69, 9.17) is 5.10 Å². The number of alkyl halides is 6. The number of fused-ring (bicyclic) bond motifs is 8. The Balaban J connectivity index is 1.48. The van der Waals surface area contributed by atoms with Crippen LogP contribution in [-0.2, 0) is 47.6 Å². The molecule has 0 radical (unpaired) electrons. The number of para-hydroxylation sites is 1. The number of amides is 3. The van der Waals surface area contributed by atoms with E-state index in [0.717, 1.165) is 17.7 Å². The number of halogens is 8. The van der Waals surface area contributed by atoms with Gasteiger partial charge in [0.25, 0.3) is 0 Å². The fourth-order valence-electron chi connectivity index (χ4n) is 7.74. The average molecular weight is 751 g/mol. The first-order valence-electron chi connectivity index (χ1n) is 16.8. The number of carbonyl (C=O) groups is 2. The van der Waals surface area contributed by atoms with Gasteiger partial charge in [-0.05, 0) is 77.5 Å². The molecule has 0 bridgehead atoms. The van der Waals surface area contributed by atoms with Crippen LogP contribution in [0.25, 0.3) is 11.3 Å². The highest BCUT2D eigenvalue weighted by atomic mass is 19.4. The molecule has 16 heteroatoms. The molecule has 0 saturated heterocycles. The number of rotatable bonds is 6. The van der Waals surface area contributed by atoms with E-state index in [1.165, 1.54) is 18.7 Å². The minimum Gasteiger partial charge on any atom is -0.323 e. The van der Waals surface area contributed by atoms with Crippen LogP contribution in [0.5, 0.6) is 0 Å². The largest absolute Gasteiger partial charge is 0.416 e. The molecule has 1 aromatic heterocycles. The van der Waals surface area contributed by atoms with Crippen molar-refractivity contribution in [1.82, 2.24) is 30.2 Å². The SMILES string of the molecule is CCc1cccc2c1-n1nc3c(c1C1(C)C(F)=CC(C)(NC(=O)NC(=O)CN(C)C)C(F)=C21)CN(Cc1ccc(C(F)(F)F)cc1C(F)(F)F)C3(C)C. The summed E-state index contributed by atoms with van der Waals surface area (Å²) in [5.74, 6) is -2.43. The van der Waals surface area contributed by atoms with Gasteiger partial charge in [0, 0.05) is 29.8 Å². The molecule has 0 saturated carbocycles. The van der Waals surface area contributed by atoms with Gasteiger partial charge in [0.05, 0.1) is 45.7 Å². The second-order valence-electron chi connectivity index (χ2n) is 14.8. The number of hydrogen-bond acceptors (Lipinski definition) is 5. The lowest BCUT2D eigenvalue weighted by molar-refractivity contribution is -0.143. The van der Waals surface area contributed by atoms with E-state index in [1.807, 2.05) is 13.0 Å². The first-order chi connectivity index (χ1) is 24.4. The van der Waals surface area contributed by atoms with E-state index in [9.17, 15) is 35.9 Å². The quantitative estimate of drug-likeness (QED) is 0.253. The van der Waals surface area contributed by atoms with Gasteiger partial charge in [-0.15, -0.1) is 0 Å². The minimum absolute atomic E-state index is 0.0940. The highest BCUT2D eigenvalue weighted by Crippen LogP contribution is 2.59. The molecular weight excluding hydrogens is 712 g/mol. The maximum atomic E-state index is 17.3. The smallest absolute Gasteiger partial charge is 0.323 e. The second kappa shape index (κ2) is 12.5. The Labute approximate surface area is 300 Å². The van der Waals surface area contributed by atoms with Crippen LogP contribution in [0.3, 0.4) is 0 Å². The predicted molar refractivity (Wildman–Crippen MR) is 180 cm³/mol. The van der Waals surface area contributed by atoms with Crippen molar-refractivity contribution in [3.63, 3.8) is 0 Å². The monoisotopic (exact) mass is 750 g/mol. The van der Waals surface area contributed by atoms with Crippen molar-refractivity contribution in [2.24, 2.45) is 0 Å². The molecule has 1 aliphatic carbocycles. The van der Waals surface area contributed by atoms with Crippen molar-refractivity contribution in [2.75, 3.05) is 20.6 Å². The zero-order valence-electron chi connectivity index (χ0n) is 30.0. The summed E-state index contributed by atoms with van der Waals surface area (Å²) in [6.45, 7) is 7.35. The lowest BCUT2D eigenvalue weighted by Gasteiger charge is -2.44. The van der Waals surface area contributed by atoms with Gasteiger partial charge in [0.15, 0.2) is 0 Å². The van der Waals surface area contributed by atoms with Crippen LogP contribution in [-0.4, -0.2) is 57.7 Å². The van der Waals surface area contributed by atoms with Gasteiger partial charge >= 0.3 is 18.4 Å². The molecule has 53 heavy (non-hydrogen) atoms. The van der Waals surface area contributed by atoms with E-state index >= 15 is 8.78 Å². The Morgan fingerprint density at radius 3 is 2.25 bits per heavy atom. The zero-order valence-corrected chi connectivity index (χ0v) is 30.0. The third-order valence-corrected chi connectivity index (χ3v) is 10.4. The van der Waals surface area contributed by atoms with Gasteiger partial charge in [-0.25, -0.2) is 18.3 Å². The molecule has 2 unspecified atom stereocenters. The summed E-state index contributed by atoms with van der Waals surface area (Å²) in [5.41, 5.74) is -5.82. The Hall–Kier alpha value is -4.57. The summed E-state index contributed by atoms with van der Waals surface area (Å²) >= 11 is 0. The molecule has 2 aliphatic heterocycles. The van der Waals surface area contributed by atoms with Crippen LogP contribution in [0.4, 0.5) is 39.9 Å². The number of allylic oxidation sites excluding steroid dienone is 2. The molecule has 0 fully saturated rings. The number of nitrogens with zero attached hydrogens (tertiary/aromatic N) is 4. The maximum Gasteiger partial charge on any atom is 0.416 e. The molecule has 8 nitrogen and oxygen atoms in total. The predicted octanol–water partition coefficient (Wildman–Crippen LogP) is 7.69. The standard InChI is InChI=1S/C37H38F8N6O2/c1-8-19-10-9-11-22-27-29(39)34(4,47-32(53)46-26(52)18-49(6)7)15-25(38)35(27,5)31-23-17-50(33(2,3)30(23)48-51(31)28(19)22)16-20-12-13-21(36(40,41)42)14-24(20)37(43,44)45/h9-15H,8,16-18H2,1-7H3,(H2,46,47,52,53). The van der Waals surface area contributed by atoms with Crippen molar-refractivity contribution < 1.29 is 44.7 Å². The van der Waals surface area contributed by atoms with Gasteiger partial charge in [-0.3, -0.25) is 15.0 Å². The number of urea groups is 1. The van der Waals surface area contributed by atoms with Gasteiger partial charge in [0.2, 0.25) is 5.91 Å². The zero-order chi connectivity index (χ0) is 39.2. The van der Waals surface area contributed by atoms with Crippen molar-refractivity contribution in [3.05, 3.63) is 98.9 Å². The maximum absolute atomic E-state index is 17.3. The van der Waals surface area contributed by atoms with E-state index in [2.05, 4.69) is 10.6 Å². The number of likely N-dealkylation sites (N-methyl/N-ethyl adjacent to an activating group) is 1. The minimum atomic E-state index is -5.09. The highest BCUT2D eigenvalue weighted by molar-refractivity contribution is 5.97. The van der Waals surface area contributed by atoms with Crippen LogP contribution in [0.2, 0.25) is 0 Å². The number of aromatic nitrogens is 2. The fourth-order valence-corrected chi connectivity index (χ4v) is 7.74. The van der Waals surface area contributed by atoms with E-state index in [1.54, 1.807) is 49.7 Å². The number of imide groups is 1. The summed E-state index contributed by atoms with van der Waals surface area (Å²) in [6, 6.07) is 5.59. The lowest BCUT2D eigenvalue weighted by atomic mass is 9.65. The van der Waals surface area contributed by atoms with E-state index < -0.39 is 75.7 Å². The number of aryl methyl sites for hydroxylation is 1. The molecular formula is C37H38F8N6O2.